The van der Waals surface area contributed by atoms with E-state index in [-0.39, 0.29) is 5.28 Å². The van der Waals surface area contributed by atoms with Gasteiger partial charge in [0, 0.05) is 54.6 Å². The van der Waals surface area contributed by atoms with Gasteiger partial charge in [-0.3, -0.25) is 0 Å². The van der Waals surface area contributed by atoms with Crippen molar-refractivity contribution < 1.29 is 0 Å². The highest BCUT2D eigenvalue weighted by molar-refractivity contribution is 6.30. The molecule has 14 rings (SSSR count). The highest BCUT2D eigenvalue weighted by Gasteiger charge is 2.24. The zero-order valence-corrected chi connectivity index (χ0v) is 34.5. The van der Waals surface area contributed by atoms with Gasteiger partial charge in [0.2, 0.25) is 5.28 Å². The van der Waals surface area contributed by atoms with Crippen LogP contribution in [-0.4, -0.2) is 19.5 Å². The molecule has 5 heteroatoms. The van der Waals surface area contributed by atoms with E-state index in [1.165, 1.54) is 71.2 Å². The Morgan fingerprint density at radius 2 is 1.06 bits per heavy atom. The summed E-state index contributed by atoms with van der Waals surface area (Å²) >= 11 is 6.72. The third kappa shape index (κ3) is 4.98. The van der Waals surface area contributed by atoms with Gasteiger partial charge in [0.25, 0.3) is 0 Å². The zero-order chi connectivity index (χ0) is 41.3. The number of nitrogens with zero attached hydrogens (tertiary/aromatic N) is 3. The van der Waals surface area contributed by atoms with Crippen LogP contribution in [0.15, 0.2) is 194 Å². The van der Waals surface area contributed by atoms with E-state index in [0.29, 0.717) is 0 Å². The lowest BCUT2D eigenvalue weighted by Gasteiger charge is -2.14. The Balaban J connectivity index is 0.949. The molecule has 63 heavy (non-hydrogen) atoms. The van der Waals surface area contributed by atoms with Crippen LogP contribution in [0, 0.1) is 0 Å². The number of halogens is 1. The van der Waals surface area contributed by atoms with Gasteiger partial charge in [0.05, 0.1) is 22.2 Å². The Bertz CT molecular complexity index is 4100. The molecule has 13 aromatic rings. The molecule has 0 atom stereocenters. The van der Waals surface area contributed by atoms with Crippen LogP contribution >= 0.6 is 11.6 Å². The topological polar surface area (TPSA) is 46.5 Å². The Kier molecular flexibility index (Phi) is 7.14. The summed E-state index contributed by atoms with van der Waals surface area (Å²) in [6.45, 7) is 0. The summed E-state index contributed by atoms with van der Waals surface area (Å²) < 4.78 is 2.40. The van der Waals surface area contributed by atoms with E-state index in [1.807, 2.05) is 12.1 Å². The predicted molar refractivity (Wildman–Crippen MR) is 264 cm³/mol. The summed E-state index contributed by atoms with van der Waals surface area (Å²) in [5, 5.41) is 10.9. The Morgan fingerprint density at radius 1 is 0.381 bits per heavy atom. The van der Waals surface area contributed by atoms with E-state index in [9.17, 15) is 0 Å². The van der Waals surface area contributed by atoms with Crippen LogP contribution in [0.4, 0.5) is 0 Å². The van der Waals surface area contributed by atoms with Crippen LogP contribution in [0.5, 0.6) is 0 Å². The number of aromatic nitrogens is 4. The van der Waals surface area contributed by atoms with Crippen molar-refractivity contribution in [2.24, 2.45) is 0 Å². The monoisotopic (exact) mass is 820 g/mol. The van der Waals surface area contributed by atoms with Crippen LogP contribution in [0.3, 0.4) is 0 Å². The highest BCUT2D eigenvalue weighted by atomic mass is 35.5. The molecule has 0 bridgehead atoms. The Morgan fingerprint density at radius 3 is 1.94 bits per heavy atom. The summed E-state index contributed by atoms with van der Waals surface area (Å²) in [5.41, 5.74) is 18.2. The van der Waals surface area contributed by atoms with Gasteiger partial charge in [0.1, 0.15) is 0 Å². The third-order valence-corrected chi connectivity index (χ3v) is 13.6. The number of hydrogen-bond acceptors (Lipinski definition) is 2. The fourth-order valence-electron chi connectivity index (χ4n) is 10.7. The first-order valence-electron chi connectivity index (χ1n) is 21.3. The summed E-state index contributed by atoms with van der Waals surface area (Å²) in [4.78, 5) is 13.4. The number of para-hydroxylation sites is 1. The lowest BCUT2D eigenvalue weighted by molar-refractivity contribution is 1.18. The van der Waals surface area contributed by atoms with Crippen LogP contribution in [0.2, 0.25) is 5.28 Å². The van der Waals surface area contributed by atoms with Crippen molar-refractivity contribution in [1.29, 1.82) is 0 Å². The minimum atomic E-state index is 0.232. The molecule has 0 aliphatic heterocycles. The van der Waals surface area contributed by atoms with E-state index in [2.05, 4.69) is 192 Å². The molecule has 1 N–H and O–H groups in total. The van der Waals surface area contributed by atoms with Gasteiger partial charge >= 0.3 is 0 Å². The largest absolute Gasteiger partial charge is 0.354 e. The fourth-order valence-corrected chi connectivity index (χ4v) is 10.8. The molecule has 1 aliphatic carbocycles. The van der Waals surface area contributed by atoms with Gasteiger partial charge in [0.15, 0.2) is 0 Å². The maximum atomic E-state index is 6.72. The van der Waals surface area contributed by atoms with Crippen molar-refractivity contribution in [3.05, 3.63) is 199 Å². The van der Waals surface area contributed by atoms with Crippen LogP contribution in [-0.2, 0) is 0 Å². The van der Waals surface area contributed by atoms with Crippen LogP contribution in [0.25, 0.3) is 138 Å². The van der Waals surface area contributed by atoms with Gasteiger partial charge in [-0.25, -0.2) is 9.97 Å². The first kappa shape index (κ1) is 34.6. The Hall–Kier alpha value is -8.05. The molecule has 4 nitrogen and oxygen atoms in total. The van der Waals surface area contributed by atoms with Gasteiger partial charge in [-0.15, -0.1) is 0 Å². The van der Waals surface area contributed by atoms with Gasteiger partial charge in [-0.2, -0.15) is 0 Å². The second kappa shape index (κ2) is 13.0. The minimum absolute atomic E-state index is 0.232. The molecule has 1 aliphatic rings. The number of aromatic amines is 1. The molecule has 10 aromatic carbocycles. The molecule has 0 amide bonds. The van der Waals surface area contributed by atoms with E-state index in [1.54, 1.807) is 0 Å². The summed E-state index contributed by atoms with van der Waals surface area (Å²) in [7, 11) is 0. The zero-order valence-electron chi connectivity index (χ0n) is 33.7. The summed E-state index contributed by atoms with van der Waals surface area (Å²) in [6.07, 6.45) is 0. The molecule has 0 radical (unpaired) electrons. The van der Waals surface area contributed by atoms with E-state index in [0.717, 1.165) is 66.3 Å². The normalized spacial score (nSPS) is 12.2. The molecule has 3 aromatic heterocycles. The quantitative estimate of drug-likeness (QED) is 0.142. The second-order valence-electron chi connectivity index (χ2n) is 16.7. The molecule has 0 unspecified atom stereocenters. The summed E-state index contributed by atoms with van der Waals surface area (Å²) in [5.74, 6) is 0. The molecule has 0 spiro atoms. The minimum Gasteiger partial charge on any atom is -0.354 e. The van der Waals surface area contributed by atoms with Crippen LogP contribution in [0.1, 0.15) is 0 Å². The maximum absolute atomic E-state index is 6.72. The molecule has 0 saturated heterocycles. The smallest absolute Gasteiger partial charge is 0.223 e. The first-order valence-corrected chi connectivity index (χ1v) is 21.7. The Labute approximate surface area is 366 Å². The van der Waals surface area contributed by atoms with Crippen LogP contribution < -0.4 is 0 Å². The summed E-state index contributed by atoms with van der Waals surface area (Å²) in [6, 6.07) is 70.3. The van der Waals surface area contributed by atoms with Crippen molar-refractivity contribution in [2.45, 2.75) is 0 Å². The van der Waals surface area contributed by atoms with Gasteiger partial charge in [-0.05, 0) is 127 Å². The molecular weight excluding hydrogens is 788 g/mol. The van der Waals surface area contributed by atoms with Gasteiger partial charge < -0.3 is 9.55 Å². The van der Waals surface area contributed by atoms with Crippen molar-refractivity contribution in [3.63, 3.8) is 0 Å². The predicted octanol–water partition coefficient (Wildman–Crippen LogP) is 16.0. The SMILES string of the molecule is Clc1nc(-c2ccccc2-c2ccc3c4cc(-c5ccc6[nH]c7cc8c9c(cccc9c7c6c5)-c5ccccc5-8)ccc4n(-c4ccccc4)c3c2)c2ccc3ccccc3c2n1. The first-order chi connectivity index (χ1) is 31.1. The number of nitrogens with one attached hydrogen (secondary N) is 1. The second-order valence-corrected chi connectivity index (χ2v) is 17.0. The van der Waals surface area contributed by atoms with E-state index in [4.69, 9.17) is 21.6 Å². The average Bonchev–Trinajstić information content (AvgIpc) is 3.99. The number of benzene rings is 10. The van der Waals surface area contributed by atoms with Crippen molar-refractivity contribution >= 4 is 87.7 Å². The number of rotatable bonds is 4. The third-order valence-electron chi connectivity index (χ3n) is 13.4. The standard InChI is InChI=1S/C58H33ClN4/c59-58-61-56-39-15-5-4-11-33(39)21-26-46(56)57(62-58)44-18-9-6-14-38(44)36-22-25-42-47-29-35(24-28-52(47)63(53(42)31-36)37-12-2-1-3-13-37)34-23-27-50-49(30-34)55-45-20-10-19-43-40-16-7-8-17-41(40)48(54(43)45)32-51(55)60-50/h1-32,60H. The number of hydrogen-bond donors (Lipinski definition) is 1. The maximum Gasteiger partial charge on any atom is 0.223 e. The lowest BCUT2D eigenvalue weighted by Crippen LogP contribution is -1.95. The lowest BCUT2D eigenvalue weighted by atomic mass is 9.94. The highest BCUT2D eigenvalue weighted by Crippen LogP contribution is 2.50. The fraction of sp³-hybridized carbons (Fsp3) is 0. The van der Waals surface area contributed by atoms with E-state index < -0.39 is 0 Å². The molecule has 0 fully saturated rings. The number of H-pyrrole nitrogens is 1. The molecular formula is C58H33ClN4. The van der Waals surface area contributed by atoms with E-state index >= 15 is 0 Å². The number of fused-ring (bicyclic) bond motifs is 13. The van der Waals surface area contributed by atoms with Gasteiger partial charge in [-0.1, -0.05) is 140 Å². The van der Waals surface area contributed by atoms with Crippen molar-refractivity contribution in [1.82, 2.24) is 19.5 Å². The molecule has 292 valence electrons. The van der Waals surface area contributed by atoms with Crippen molar-refractivity contribution in [2.75, 3.05) is 0 Å². The van der Waals surface area contributed by atoms with Crippen molar-refractivity contribution in [3.8, 4) is 61.5 Å². The molecule has 0 saturated carbocycles. The molecule has 3 heterocycles. The average molecular weight is 821 g/mol.